The number of sulfone groups is 1. The van der Waals surface area contributed by atoms with Gasteiger partial charge in [-0.1, -0.05) is 18.2 Å². The predicted molar refractivity (Wildman–Crippen MR) is 97.7 cm³/mol. The Morgan fingerprint density at radius 2 is 1.81 bits per heavy atom. The highest BCUT2D eigenvalue weighted by Crippen LogP contribution is 2.32. The fraction of sp³-hybridized carbons (Fsp3) is 0.211. The van der Waals surface area contributed by atoms with Crippen LogP contribution in [0.1, 0.15) is 24.1 Å². The maximum atomic E-state index is 12.1. The van der Waals surface area contributed by atoms with E-state index >= 15 is 0 Å². The fourth-order valence-corrected chi connectivity index (χ4v) is 3.17. The molecule has 1 aliphatic rings. The van der Waals surface area contributed by atoms with Gasteiger partial charge in [0.15, 0.2) is 21.3 Å². The van der Waals surface area contributed by atoms with Gasteiger partial charge in [0.1, 0.15) is 0 Å². The number of rotatable bonds is 5. The zero-order valence-electron chi connectivity index (χ0n) is 14.4. The lowest BCUT2D eigenvalue weighted by molar-refractivity contribution is -0.117. The first-order chi connectivity index (χ1) is 12.3. The number of benzene rings is 2. The molecule has 0 bridgehead atoms. The average Bonchev–Trinajstić information content (AvgIpc) is 3.07. The molecule has 1 aliphatic heterocycles. The van der Waals surface area contributed by atoms with Gasteiger partial charge in [0.2, 0.25) is 12.7 Å². The van der Waals surface area contributed by atoms with Crippen molar-refractivity contribution in [2.75, 3.05) is 13.0 Å². The van der Waals surface area contributed by atoms with Crippen molar-refractivity contribution >= 4 is 21.8 Å². The Morgan fingerprint density at radius 1 is 1.12 bits per heavy atom. The lowest BCUT2D eigenvalue weighted by atomic mass is 10.1. The zero-order valence-corrected chi connectivity index (χ0v) is 15.2. The number of carbonyl (C=O) groups excluding carboxylic acids is 1. The SMILES string of the molecule is CC(NC(=O)/C=C/c1ccc2c(c1)OCO2)c1ccc(S(C)(=O)=O)cc1. The van der Waals surface area contributed by atoms with Crippen LogP contribution in [0.4, 0.5) is 0 Å². The van der Waals surface area contributed by atoms with E-state index in [2.05, 4.69) is 5.32 Å². The van der Waals surface area contributed by atoms with Gasteiger partial charge in [0.05, 0.1) is 10.9 Å². The molecule has 136 valence electrons. The molecule has 0 saturated heterocycles. The number of nitrogens with one attached hydrogen (secondary N) is 1. The van der Waals surface area contributed by atoms with Crippen LogP contribution >= 0.6 is 0 Å². The molecule has 2 aromatic rings. The van der Waals surface area contributed by atoms with Crippen LogP contribution in [0.15, 0.2) is 53.4 Å². The maximum Gasteiger partial charge on any atom is 0.244 e. The molecule has 2 aromatic carbocycles. The normalized spacial score (nSPS) is 14.4. The molecule has 1 amide bonds. The lowest BCUT2D eigenvalue weighted by Crippen LogP contribution is -2.24. The van der Waals surface area contributed by atoms with E-state index in [-0.39, 0.29) is 23.6 Å². The largest absolute Gasteiger partial charge is 0.454 e. The number of amides is 1. The van der Waals surface area contributed by atoms with Crippen molar-refractivity contribution in [2.45, 2.75) is 17.9 Å². The van der Waals surface area contributed by atoms with Crippen molar-refractivity contribution < 1.29 is 22.7 Å². The molecule has 0 spiro atoms. The average molecular weight is 373 g/mol. The first-order valence-corrected chi connectivity index (χ1v) is 9.90. The minimum absolute atomic E-state index is 0.207. The van der Waals surface area contributed by atoms with E-state index in [1.807, 2.05) is 13.0 Å². The molecule has 0 radical (unpaired) electrons. The van der Waals surface area contributed by atoms with Crippen molar-refractivity contribution in [3.05, 3.63) is 59.7 Å². The number of hydrogen-bond donors (Lipinski definition) is 1. The van der Waals surface area contributed by atoms with Crippen LogP contribution in [0.5, 0.6) is 11.5 Å². The number of carbonyl (C=O) groups is 1. The Labute approximate surface area is 152 Å². The second-order valence-electron chi connectivity index (χ2n) is 6.02. The second kappa shape index (κ2) is 7.21. The Bertz CT molecular complexity index is 948. The first kappa shape index (κ1) is 18.0. The van der Waals surface area contributed by atoms with Crippen molar-refractivity contribution in [2.24, 2.45) is 0 Å². The van der Waals surface area contributed by atoms with Gasteiger partial charge < -0.3 is 14.8 Å². The van der Waals surface area contributed by atoms with E-state index in [1.54, 1.807) is 30.3 Å². The summed E-state index contributed by atoms with van der Waals surface area (Å²) in [7, 11) is -3.23. The Kier molecular flexibility index (Phi) is 4.99. The molecular formula is C19H19NO5S. The molecule has 26 heavy (non-hydrogen) atoms. The van der Waals surface area contributed by atoms with Gasteiger partial charge in [-0.2, -0.15) is 0 Å². The van der Waals surface area contributed by atoms with Crippen LogP contribution in [0, 0.1) is 0 Å². The molecule has 6 nitrogen and oxygen atoms in total. The fourth-order valence-electron chi connectivity index (χ4n) is 2.54. The molecule has 0 saturated carbocycles. The van der Waals surface area contributed by atoms with E-state index in [0.717, 1.165) is 17.4 Å². The number of hydrogen-bond acceptors (Lipinski definition) is 5. The molecule has 1 unspecified atom stereocenters. The molecule has 0 aromatic heterocycles. The van der Waals surface area contributed by atoms with Crippen LogP contribution in [0.25, 0.3) is 6.08 Å². The van der Waals surface area contributed by atoms with Gasteiger partial charge in [0, 0.05) is 12.3 Å². The third kappa shape index (κ3) is 4.23. The standard InChI is InChI=1S/C19H19NO5S/c1-13(15-5-7-16(8-6-15)26(2,22)23)20-19(21)10-4-14-3-9-17-18(11-14)25-12-24-17/h3-11,13H,12H2,1-2H3,(H,20,21)/b10-4+. The highest BCUT2D eigenvalue weighted by molar-refractivity contribution is 7.90. The first-order valence-electron chi connectivity index (χ1n) is 8.01. The second-order valence-corrected chi connectivity index (χ2v) is 8.03. The highest BCUT2D eigenvalue weighted by atomic mass is 32.2. The van der Waals surface area contributed by atoms with Gasteiger partial charge in [0.25, 0.3) is 0 Å². The summed E-state index contributed by atoms with van der Waals surface area (Å²) >= 11 is 0. The summed E-state index contributed by atoms with van der Waals surface area (Å²) in [6.07, 6.45) is 4.30. The molecule has 0 fully saturated rings. The zero-order chi connectivity index (χ0) is 18.7. The van der Waals surface area contributed by atoms with Gasteiger partial charge >= 0.3 is 0 Å². The predicted octanol–water partition coefficient (Wildman–Crippen LogP) is 2.71. The van der Waals surface area contributed by atoms with E-state index in [9.17, 15) is 13.2 Å². The van der Waals surface area contributed by atoms with Crippen molar-refractivity contribution in [3.8, 4) is 11.5 Å². The number of fused-ring (bicyclic) bond motifs is 1. The summed E-state index contributed by atoms with van der Waals surface area (Å²) < 4.78 is 33.5. The minimum atomic E-state index is -3.23. The number of ether oxygens (including phenoxy) is 2. The summed E-state index contributed by atoms with van der Waals surface area (Å²) in [5, 5.41) is 2.85. The van der Waals surface area contributed by atoms with Gasteiger partial charge in [-0.15, -0.1) is 0 Å². The molecule has 1 atom stereocenters. The van der Waals surface area contributed by atoms with Crippen LogP contribution < -0.4 is 14.8 Å². The smallest absolute Gasteiger partial charge is 0.244 e. The Balaban J connectivity index is 1.62. The van der Waals surface area contributed by atoms with Crippen molar-refractivity contribution in [1.29, 1.82) is 0 Å². The van der Waals surface area contributed by atoms with Crippen LogP contribution in [-0.4, -0.2) is 27.4 Å². The molecule has 7 heteroatoms. The van der Waals surface area contributed by atoms with Gasteiger partial charge in [-0.25, -0.2) is 8.42 Å². The van der Waals surface area contributed by atoms with E-state index in [4.69, 9.17) is 9.47 Å². The Morgan fingerprint density at radius 3 is 2.50 bits per heavy atom. The summed E-state index contributed by atoms with van der Waals surface area (Å²) in [6, 6.07) is 11.7. The van der Waals surface area contributed by atoms with E-state index in [0.29, 0.717) is 11.5 Å². The minimum Gasteiger partial charge on any atom is -0.454 e. The summed E-state index contributed by atoms with van der Waals surface area (Å²) in [5.41, 5.74) is 1.65. The van der Waals surface area contributed by atoms with Crippen molar-refractivity contribution in [1.82, 2.24) is 5.32 Å². The topological polar surface area (TPSA) is 81.7 Å². The van der Waals surface area contributed by atoms with Crippen LogP contribution in [0.2, 0.25) is 0 Å². The molecule has 1 N–H and O–H groups in total. The van der Waals surface area contributed by atoms with Crippen LogP contribution in [0.3, 0.4) is 0 Å². The highest BCUT2D eigenvalue weighted by Gasteiger charge is 2.13. The monoisotopic (exact) mass is 373 g/mol. The quantitative estimate of drug-likeness (QED) is 0.815. The maximum absolute atomic E-state index is 12.1. The third-order valence-electron chi connectivity index (χ3n) is 3.99. The van der Waals surface area contributed by atoms with Gasteiger partial charge in [-0.05, 0) is 48.4 Å². The van der Waals surface area contributed by atoms with Gasteiger partial charge in [-0.3, -0.25) is 4.79 Å². The third-order valence-corrected chi connectivity index (χ3v) is 5.12. The Hall–Kier alpha value is -2.80. The summed E-state index contributed by atoms with van der Waals surface area (Å²) in [5.74, 6) is 1.10. The van der Waals surface area contributed by atoms with E-state index < -0.39 is 9.84 Å². The van der Waals surface area contributed by atoms with Crippen molar-refractivity contribution in [3.63, 3.8) is 0 Å². The molecule has 1 heterocycles. The van der Waals surface area contributed by atoms with E-state index in [1.165, 1.54) is 18.2 Å². The molecule has 0 aliphatic carbocycles. The summed E-state index contributed by atoms with van der Waals surface area (Å²) in [6.45, 7) is 2.04. The molecular weight excluding hydrogens is 354 g/mol. The van der Waals surface area contributed by atoms with Crippen LogP contribution in [-0.2, 0) is 14.6 Å². The summed E-state index contributed by atoms with van der Waals surface area (Å²) in [4.78, 5) is 12.4. The molecule has 3 rings (SSSR count). The lowest BCUT2D eigenvalue weighted by Gasteiger charge is -2.13.